The second-order valence-corrected chi connectivity index (χ2v) is 10.1. The van der Waals surface area contributed by atoms with Crippen molar-refractivity contribution in [3.63, 3.8) is 0 Å². The maximum atomic E-state index is 13.5. The van der Waals surface area contributed by atoms with Crippen LogP contribution in [0.15, 0.2) is 29.2 Å². The third kappa shape index (κ3) is 4.24. The summed E-state index contributed by atoms with van der Waals surface area (Å²) in [6, 6.07) is 4.94. The minimum Gasteiger partial charge on any atom is -0.368 e. The molecule has 0 saturated carbocycles. The van der Waals surface area contributed by atoms with E-state index < -0.39 is 27.8 Å². The zero-order valence-electron chi connectivity index (χ0n) is 18.7. The molecule has 168 valence electrons. The number of carbonyl (C=O) groups is 1. The van der Waals surface area contributed by atoms with Gasteiger partial charge in [-0.1, -0.05) is 12.1 Å². The number of nitrogens with two attached hydrogens (primary N) is 1. The first-order valence-corrected chi connectivity index (χ1v) is 11.8. The molecular formula is C23H30FN3O3S. The zero-order chi connectivity index (χ0) is 23.1. The molecule has 1 aliphatic heterocycles. The molecule has 0 bridgehead atoms. The monoisotopic (exact) mass is 447 g/mol. The number of hydrogen-bond acceptors (Lipinski definition) is 4. The molecule has 1 unspecified atom stereocenters. The lowest BCUT2D eigenvalue weighted by Gasteiger charge is -2.38. The lowest BCUT2D eigenvalue weighted by Crippen LogP contribution is -2.52. The first-order chi connectivity index (χ1) is 14.5. The van der Waals surface area contributed by atoms with Crippen molar-refractivity contribution in [1.29, 1.82) is 0 Å². The molecule has 3 rings (SSSR count). The fraction of sp³-hybridized carbons (Fsp3) is 0.435. The maximum Gasteiger partial charge on any atom is 0.243 e. The van der Waals surface area contributed by atoms with Gasteiger partial charge in [-0.2, -0.15) is 4.31 Å². The Morgan fingerprint density at radius 3 is 1.77 bits per heavy atom. The summed E-state index contributed by atoms with van der Waals surface area (Å²) in [7, 11) is -3.68. The van der Waals surface area contributed by atoms with Crippen LogP contribution in [0, 0.1) is 40.4 Å². The van der Waals surface area contributed by atoms with Crippen LogP contribution in [0.5, 0.6) is 0 Å². The van der Waals surface area contributed by atoms with Gasteiger partial charge in [-0.25, -0.2) is 12.8 Å². The van der Waals surface area contributed by atoms with Crippen molar-refractivity contribution in [3.05, 3.63) is 63.5 Å². The van der Waals surface area contributed by atoms with Crippen molar-refractivity contribution in [3.8, 4) is 0 Å². The van der Waals surface area contributed by atoms with E-state index in [1.165, 1.54) is 16.4 Å². The quantitative estimate of drug-likeness (QED) is 0.764. The zero-order valence-corrected chi connectivity index (χ0v) is 19.5. The molecule has 0 radical (unpaired) electrons. The lowest BCUT2D eigenvalue weighted by molar-refractivity contribution is -0.124. The highest BCUT2D eigenvalue weighted by Gasteiger charge is 2.35. The molecule has 31 heavy (non-hydrogen) atoms. The summed E-state index contributed by atoms with van der Waals surface area (Å²) in [6.07, 6.45) is 0. The number of amides is 1. The van der Waals surface area contributed by atoms with Gasteiger partial charge in [-0.15, -0.1) is 0 Å². The van der Waals surface area contributed by atoms with Crippen molar-refractivity contribution in [2.75, 3.05) is 26.2 Å². The Morgan fingerprint density at radius 2 is 1.32 bits per heavy atom. The molecule has 2 aromatic rings. The highest BCUT2D eigenvalue weighted by atomic mass is 32.2. The average molecular weight is 448 g/mol. The minimum atomic E-state index is -3.68. The van der Waals surface area contributed by atoms with Crippen LogP contribution in [0.2, 0.25) is 0 Å². The number of rotatable bonds is 5. The average Bonchev–Trinajstić information content (AvgIpc) is 2.72. The van der Waals surface area contributed by atoms with Crippen LogP contribution in [0.3, 0.4) is 0 Å². The predicted molar refractivity (Wildman–Crippen MR) is 119 cm³/mol. The molecule has 8 heteroatoms. The first-order valence-electron chi connectivity index (χ1n) is 10.3. The molecule has 0 aliphatic carbocycles. The SMILES string of the molecule is Cc1c(C)c(C)c(S(=O)(=O)N2CCN(C(C(N)=O)c3ccc(F)cc3)CC2)c(C)c1C. The Balaban J connectivity index is 1.86. The number of primary amides is 1. The van der Waals surface area contributed by atoms with Crippen molar-refractivity contribution < 1.29 is 17.6 Å². The van der Waals surface area contributed by atoms with Gasteiger partial charge < -0.3 is 5.73 Å². The normalized spacial score (nSPS) is 17.0. The maximum absolute atomic E-state index is 13.5. The molecule has 0 aromatic heterocycles. The van der Waals surface area contributed by atoms with Crippen LogP contribution < -0.4 is 5.73 Å². The highest BCUT2D eigenvalue weighted by Crippen LogP contribution is 2.32. The van der Waals surface area contributed by atoms with Gasteiger partial charge in [0.1, 0.15) is 11.9 Å². The Kier molecular flexibility index (Phi) is 6.55. The Bertz CT molecular complexity index is 1080. The summed E-state index contributed by atoms with van der Waals surface area (Å²) in [4.78, 5) is 14.4. The summed E-state index contributed by atoms with van der Waals surface area (Å²) in [5.74, 6) is -0.934. The third-order valence-electron chi connectivity index (χ3n) is 6.62. The van der Waals surface area contributed by atoms with E-state index in [9.17, 15) is 17.6 Å². The molecule has 1 aliphatic rings. The summed E-state index contributed by atoms with van der Waals surface area (Å²) < 4.78 is 41.8. The van der Waals surface area contributed by atoms with Gasteiger partial charge in [0.25, 0.3) is 0 Å². The number of piperazine rings is 1. The number of nitrogens with zero attached hydrogens (tertiary/aromatic N) is 2. The fourth-order valence-corrected chi connectivity index (χ4v) is 6.37. The highest BCUT2D eigenvalue weighted by molar-refractivity contribution is 7.89. The Hall–Kier alpha value is -2.29. The summed E-state index contributed by atoms with van der Waals surface area (Å²) >= 11 is 0. The van der Waals surface area contributed by atoms with Crippen LogP contribution in [-0.4, -0.2) is 49.7 Å². The van der Waals surface area contributed by atoms with E-state index in [-0.39, 0.29) is 13.1 Å². The fourth-order valence-electron chi connectivity index (χ4n) is 4.38. The van der Waals surface area contributed by atoms with Crippen molar-refractivity contribution in [2.45, 2.75) is 45.6 Å². The van der Waals surface area contributed by atoms with E-state index in [1.54, 1.807) is 12.1 Å². The van der Waals surface area contributed by atoms with Gasteiger partial charge >= 0.3 is 0 Å². The van der Waals surface area contributed by atoms with Gasteiger partial charge in [-0.05, 0) is 80.1 Å². The molecule has 1 amide bonds. The second-order valence-electron chi connectivity index (χ2n) is 8.25. The molecule has 2 aromatic carbocycles. The topological polar surface area (TPSA) is 83.7 Å². The largest absolute Gasteiger partial charge is 0.368 e. The molecule has 1 fully saturated rings. The van der Waals surface area contributed by atoms with Crippen LogP contribution in [0.4, 0.5) is 4.39 Å². The van der Waals surface area contributed by atoms with E-state index in [1.807, 2.05) is 39.5 Å². The van der Waals surface area contributed by atoms with Gasteiger partial charge in [0.05, 0.1) is 4.90 Å². The number of sulfonamides is 1. The van der Waals surface area contributed by atoms with E-state index in [2.05, 4.69) is 0 Å². The van der Waals surface area contributed by atoms with Crippen LogP contribution in [-0.2, 0) is 14.8 Å². The Morgan fingerprint density at radius 1 is 0.871 bits per heavy atom. The van der Waals surface area contributed by atoms with Crippen LogP contribution in [0.25, 0.3) is 0 Å². The molecule has 0 spiro atoms. The summed E-state index contributed by atoms with van der Waals surface area (Å²) in [6.45, 7) is 10.8. The van der Waals surface area contributed by atoms with E-state index in [4.69, 9.17) is 5.73 Å². The van der Waals surface area contributed by atoms with E-state index >= 15 is 0 Å². The molecule has 1 saturated heterocycles. The van der Waals surface area contributed by atoms with Crippen molar-refractivity contribution in [2.24, 2.45) is 5.73 Å². The van der Waals surface area contributed by atoms with Gasteiger partial charge in [0.15, 0.2) is 0 Å². The second kappa shape index (κ2) is 8.68. The van der Waals surface area contributed by atoms with Gasteiger partial charge in [0, 0.05) is 26.2 Å². The predicted octanol–water partition coefficient (Wildman–Crippen LogP) is 2.90. The lowest BCUT2D eigenvalue weighted by atomic mass is 9.95. The van der Waals surface area contributed by atoms with Gasteiger partial charge in [0.2, 0.25) is 15.9 Å². The minimum absolute atomic E-state index is 0.248. The van der Waals surface area contributed by atoms with E-state index in [0.717, 1.165) is 27.8 Å². The number of halogens is 1. The molecule has 6 nitrogen and oxygen atoms in total. The van der Waals surface area contributed by atoms with Crippen LogP contribution in [0.1, 0.15) is 39.4 Å². The third-order valence-corrected chi connectivity index (χ3v) is 8.80. The van der Waals surface area contributed by atoms with Crippen LogP contribution >= 0.6 is 0 Å². The molecular weight excluding hydrogens is 417 g/mol. The number of carbonyl (C=O) groups excluding carboxylic acids is 1. The summed E-state index contributed by atoms with van der Waals surface area (Å²) in [5.41, 5.74) is 10.9. The number of hydrogen-bond donors (Lipinski definition) is 1. The molecule has 1 heterocycles. The molecule has 1 atom stereocenters. The first kappa shape index (κ1) is 23.4. The Labute approximate surface area is 183 Å². The van der Waals surface area contributed by atoms with Crippen molar-refractivity contribution in [1.82, 2.24) is 9.21 Å². The van der Waals surface area contributed by atoms with Crippen molar-refractivity contribution >= 4 is 15.9 Å². The smallest absolute Gasteiger partial charge is 0.243 e. The summed E-state index contributed by atoms with van der Waals surface area (Å²) in [5, 5.41) is 0. The van der Waals surface area contributed by atoms with Gasteiger partial charge in [-0.3, -0.25) is 9.69 Å². The standard InChI is InChI=1S/C23H30FN3O3S/c1-14-15(2)17(4)22(18(5)16(14)3)31(29,30)27-12-10-26(11-13-27)21(23(25)28)19-6-8-20(24)9-7-19/h6-9,21H,10-13H2,1-5H3,(H2,25,28). The molecule has 2 N–H and O–H groups in total. The van der Waals surface area contributed by atoms with E-state index in [0.29, 0.717) is 23.5 Å². The number of benzene rings is 2.